The van der Waals surface area contributed by atoms with Crippen molar-refractivity contribution in [3.05, 3.63) is 116 Å². The summed E-state index contributed by atoms with van der Waals surface area (Å²) in [6.45, 7) is 0. The molecule has 0 radical (unpaired) electrons. The molecule has 0 heterocycles. The Morgan fingerprint density at radius 1 is 0.532 bits per heavy atom. The van der Waals surface area contributed by atoms with Gasteiger partial charge in [0.1, 0.15) is 0 Å². The minimum Gasteiger partial charge on any atom is -0.294 e. The van der Waals surface area contributed by atoms with Crippen LogP contribution >= 0.6 is 47.8 Å². The fraction of sp³-hybridized carbons (Fsp3) is 0.300. The van der Waals surface area contributed by atoms with Crippen LogP contribution in [0.25, 0.3) is 22.3 Å². The Kier molecular flexibility index (Phi) is 9.34. The van der Waals surface area contributed by atoms with E-state index in [-0.39, 0.29) is 28.0 Å². The smallest absolute Gasteiger partial charge is 0.176 e. The van der Waals surface area contributed by atoms with E-state index in [1.807, 2.05) is 24.3 Å². The molecule has 0 aliphatic heterocycles. The fourth-order valence-corrected chi connectivity index (χ4v) is 8.64. The first kappa shape index (κ1) is 32.5. The highest BCUT2D eigenvalue weighted by Crippen LogP contribution is 2.39. The first-order valence-electron chi connectivity index (χ1n) is 16.2. The molecule has 7 heteroatoms. The zero-order valence-electron chi connectivity index (χ0n) is 25.9. The van der Waals surface area contributed by atoms with Gasteiger partial charge < -0.3 is 0 Å². The largest absolute Gasteiger partial charge is 0.294 e. The molecule has 0 bridgehead atoms. The van der Waals surface area contributed by atoms with E-state index in [0.29, 0.717) is 17.1 Å². The molecule has 4 aromatic carbocycles. The maximum absolute atomic E-state index is 12.4. The van der Waals surface area contributed by atoms with Crippen LogP contribution in [0.15, 0.2) is 60.7 Å². The number of benzene rings is 4. The van der Waals surface area contributed by atoms with Crippen molar-refractivity contribution < 1.29 is 19.2 Å². The summed E-state index contributed by atoms with van der Waals surface area (Å²) < 4.78 is 0. The molecule has 4 nitrogen and oxygen atoms in total. The number of rotatable bonds is 4. The number of carbonyl (C=O) groups is 4. The lowest BCUT2D eigenvalue weighted by atomic mass is 9.79. The molecular formula is C40H33Br3O4. The standard InChI is InChI=1S/C20H16Br2O2.C20H17BrO2/c21-10-19(23)14-3-5-15-11(7-14)1-2-12-9-17-13(8-16(12)15)4-6-18(22)20(17)24;21-11-20(23)15-6-7-16-13(8-15)4-5-14-10-18-12(9-17(14)16)2-1-3-19(18)22/h3,5,7-9,18H,1-2,4,6,10H2;6-10H,1-5,11H2. The van der Waals surface area contributed by atoms with Crippen LogP contribution < -0.4 is 0 Å². The number of halogens is 3. The lowest BCUT2D eigenvalue weighted by Crippen LogP contribution is -2.23. The second-order valence-corrected chi connectivity index (χ2v) is 15.1. The molecule has 0 N–H and O–H groups in total. The van der Waals surface area contributed by atoms with Crippen LogP contribution in [0.4, 0.5) is 0 Å². The average Bonchev–Trinajstić information content (AvgIpc) is 3.11. The van der Waals surface area contributed by atoms with Crippen LogP contribution in [0.5, 0.6) is 0 Å². The van der Waals surface area contributed by atoms with Crippen molar-refractivity contribution in [1.29, 1.82) is 0 Å². The van der Waals surface area contributed by atoms with E-state index in [4.69, 9.17) is 0 Å². The number of aryl methyl sites for hydroxylation is 6. The molecule has 0 amide bonds. The normalized spacial score (nSPS) is 17.1. The monoisotopic (exact) mass is 814 g/mol. The van der Waals surface area contributed by atoms with Crippen LogP contribution in [0, 0.1) is 0 Å². The van der Waals surface area contributed by atoms with Crippen LogP contribution in [-0.4, -0.2) is 38.6 Å². The number of fused-ring (bicyclic) bond motifs is 8. The van der Waals surface area contributed by atoms with Gasteiger partial charge >= 0.3 is 0 Å². The number of ketones is 4. The number of carbonyl (C=O) groups excluding carboxylic acids is 4. The Balaban J connectivity index is 0.000000150. The lowest BCUT2D eigenvalue weighted by Gasteiger charge is -2.26. The van der Waals surface area contributed by atoms with Gasteiger partial charge in [0, 0.05) is 28.7 Å². The predicted molar refractivity (Wildman–Crippen MR) is 197 cm³/mol. The molecule has 0 saturated heterocycles. The van der Waals surface area contributed by atoms with Crippen LogP contribution in [-0.2, 0) is 38.5 Å². The molecule has 1 atom stereocenters. The van der Waals surface area contributed by atoms with Crippen molar-refractivity contribution in [1.82, 2.24) is 0 Å². The van der Waals surface area contributed by atoms with Gasteiger partial charge in [0.2, 0.25) is 0 Å². The lowest BCUT2D eigenvalue weighted by molar-refractivity contribution is 0.0967. The van der Waals surface area contributed by atoms with Gasteiger partial charge in [0.15, 0.2) is 23.1 Å². The van der Waals surface area contributed by atoms with Crippen LogP contribution in [0.3, 0.4) is 0 Å². The van der Waals surface area contributed by atoms with Crippen LogP contribution in [0.2, 0.25) is 0 Å². The molecule has 0 saturated carbocycles. The highest BCUT2D eigenvalue weighted by atomic mass is 79.9. The minimum absolute atomic E-state index is 0.0447. The Bertz CT molecular complexity index is 1990. The van der Waals surface area contributed by atoms with Crippen molar-refractivity contribution in [3.63, 3.8) is 0 Å². The quantitative estimate of drug-likeness (QED) is 0.152. The first-order chi connectivity index (χ1) is 22.7. The highest BCUT2D eigenvalue weighted by Gasteiger charge is 2.28. The Labute approximate surface area is 300 Å². The molecule has 0 fully saturated rings. The second kappa shape index (κ2) is 13.5. The summed E-state index contributed by atoms with van der Waals surface area (Å²) in [5, 5.41) is 0.712. The van der Waals surface area contributed by atoms with E-state index in [1.165, 1.54) is 50.1 Å². The van der Waals surface area contributed by atoms with Gasteiger partial charge in [-0.2, -0.15) is 0 Å². The third-order valence-corrected chi connectivity index (χ3v) is 11.9. The predicted octanol–water partition coefficient (Wildman–Crippen LogP) is 9.47. The zero-order valence-corrected chi connectivity index (χ0v) is 30.7. The summed E-state index contributed by atoms with van der Waals surface area (Å²) in [6.07, 6.45) is 8.11. The van der Waals surface area contributed by atoms with Crippen molar-refractivity contribution in [2.24, 2.45) is 0 Å². The summed E-state index contributed by atoms with van der Waals surface area (Å²) in [6, 6.07) is 20.7. The van der Waals surface area contributed by atoms with Crippen molar-refractivity contribution in [2.75, 3.05) is 10.7 Å². The molecule has 47 heavy (non-hydrogen) atoms. The third-order valence-electron chi connectivity index (χ3n) is 10.0. The van der Waals surface area contributed by atoms with E-state index < -0.39 is 0 Å². The van der Waals surface area contributed by atoms with Crippen molar-refractivity contribution >= 4 is 70.9 Å². The molecule has 8 rings (SSSR count). The molecular weight excluding hydrogens is 784 g/mol. The summed E-state index contributed by atoms with van der Waals surface area (Å²) in [4.78, 5) is 48.3. The van der Waals surface area contributed by atoms with Gasteiger partial charge in [0.05, 0.1) is 15.5 Å². The summed E-state index contributed by atoms with van der Waals surface area (Å²) in [5.41, 5.74) is 15.6. The SMILES string of the molecule is O=C(CBr)c1ccc2c(c1)CCc1cc3c(cc1-2)CCC(Br)C3=O.O=C(CBr)c1ccc2c(c1)CCc1cc3c(cc1-2)CCCC3=O. The molecule has 1 unspecified atom stereocenters. The molecule has 238 valence electrons. The van der Waals surface area contributed by atoms with Gasteiger partial charge in [-0.3, -0.25) is 19.2 Å². The molecule has 0 aromatic heterocycles. The summed E-state index contributed by atoms with van der Waals surface area (Å²) >= 11 is 9.97. The van der Waals surface area contributed by atoms with Gasteiger partial charge in [-0.25, -0.2) is 0 Å². The summed E-state index contributed by atoms with van der Waals surface area (Å²) in [7, 11) is 0. The average molecular weight is 817 g/mol. The number of alkyl halides is 3. The van der Waals surface area contributed by atoms with Gasteiger partial charge in [-0.15, -0.1) is 0 Å². The van der Waals surface area contributed by atoms with E-state index >= 15 is 0 Å². The first-order valence-corrected chi connectivity index (χ1v) is 19.4. The molecule has 4 aliphatic rings. The number of hydrogen-bond donors (Lipinski definition) is 0. The van der Waals surface area contributed by atoms with Crippen LogP contribution in [0.1, 0.15) is 94.1 Å². The van der Waals surface area contributed by atoms with E-state index in [0.717, 1.165) is 79.2 Å². The zero-order chi connectivity index (χ0) is 32.8. The minimum atomic E-state index is -0.0447. The van der Waals surface area contributed by atoms with E-state index in [1.54, 1.807) is 0 Å². The van der Waals surface area contributed by atoms with E-state index in [9.17, 15) is 19.2 Å². The summed E-state index contributed by atoms with van der Waals surface area (Å²) in [5.74, 6) is 0.735. The van der Waals surface area contributed by atoms with Gasteiger partial charge in [-0.05, 0) is 131 Å². The van der Waals surface area contributed by atoms with Crippen molar-refractivity contribution in [2.45, 2.75) is 62.6 Å². The maximum atomic E-state index is 12.4. The molecule has 0 spiro atoms. The highest BCUT2D eigenvalue weighted by molar-refractivity contribution is 9.10. The van der Waals surface area contributed by atoms with Gasteiger partial charge in [-0.1, -0.05) is 84.2 Å². The molecule has 4 aliphatic carbocycles. The number of Topliss-reactive ketones (excluding diaryl/α,β-unsaturated/α-hetero) is 4. The fourth-order valence-electron chi connectivity index (χ4n) is 7.52. The second-order valence-electron chi connectivity index (χ2n) is 12.8. The Hall–Kier alpha value is -3.00. The van der Waals surface area contributed by atoms with Gasteiger partial charge in [0.25, 0.3) is 0 Å². The van der Waals surface area contributed by atoms with Crippen molar-refractivity contribution in [3.8, 4) is 22.3 Å². The molecule has 4 aromatic rings. The Morgan fingerprint density at radius 2 is 0.979 bits per heavy atom. The topological polar surface area (TPSA) is 68.3 Å². The van der Waals surface area contributed by atoms with E-state index in [2.05, 4.69) is 84.2 Å². The number of hydrogen-bond acceptors (Lipinski definition) is 4. The maximum Gasteiger partial charge on any atom is 0.176 e. The Morgan fingerprint density at radius 3 is 1.51 bits per heavy atom. The third kappa shape index (κ3) is 6.20.